The molecule has 7 nitrogen and oxygen atoms in total. The molecule has 4 rings (SSSR count). The fourth-order valence-corrected chi connectivity index (χ4v) is 3.75. The van der Waals surface area contributed by atoms with E-state index in [2.05, 4.69) is 15.4 Å². The average molecular weight is 406 g/mol. The van der Waals surface area contributed by atoms with Crippen molar-refractivity contribution < 1.29 is 14.3 Å². The van der Waals surface area contributed by atoms with E-state index in [4.69, 9.17) is 4.74 Å². The number of hydrogen-bond donors (Lipinski definition) is 1. The van der Waals surface area contributed by atoms with Crippen LogP contribution in [0.5, 0.6) is 0 Å². The molecule has 8 heteroatoms. The number of amides is 1. The molecule has 146 valence electrons. The first-order valence-corrected chi connectivity index (χ1v) is 9.78. The summed E-state index contributed by atoms with van der Waals surface area (Å²) in [5.74, 6) is -0.753. The molecule has 0 spiro atoms. The number of pyridine rings is 1. The van der Waals surface area contributed by atoms with Crippen LogP contribution in [-0.4, -0.2) is 33.8 Å². The van der Waals surface area contributed by atoms with E-state index >= 15 is 0 Å². The van der Waals surface area contributed by atoms with Crippen LogP contribution in [0.4, 0.5) is 5.69 Å². The summed E-state index contributed by atoms with van der Waals surface area (Å²) in [4.78, 5) is 30.4. The third-order valence-corrected chi connectivity index (χ3v) is 5.27. The number of nitrogens with one attached hydrogen (secondary N) is 1. The van der Waals surface area contributed by atoms with E-state index in [0.29, 0.717) is 34.4 Å². The number of fused-ring (bicyclic) bond motifs is 1. The predicted molar refractivity (Wildman–Crippen MR) is 111 cm³/mol. The van der Waals surface area contributed by atoms with Crippen molar-refractivity contribution in [2.75, 3.05) is 12.4 Å². The SMILES string of the molecule is COC(=O)c1cccc(NC(=O)c2cc(C)nc3c2cnn3Cc2cccs2)c1. The average Bonchev–Trinajstić information content (AvgIpc) is 3.37. The van der Waals surface area contributed by atoms with Gasteiger partial charge in [-0.25, -0.2) is 14.5 Å². The van der Waals surface area contributed by atoms with Gasteiger partial charge in [-0.1, -0.05) is 12.1 Å². The summed E-state index contributed by atoms with van der Waals surface area (Å²) in [5, 5.41) is 9.96. The van der Waals surface area contributed by atoms with Crippen molar-refractivity contribution in [3.05, 3.63) is 75.7 Å². The van der Waals surface area contributed by atoms with E-state index < -0.39 is 5.97 Å². The quantitative estimate of drug-likeness (QED) is 0.508. The molecule has 0 saturated carbocycles. The van der Waals surface area contributed by atoms with Crippen molar-refractivity contribution >= 4 is 39.9 Å². The second kappa shape index (κ2) is 7.84. The minimum absolute atomic E-state index is 0.293. The largest absolute Gasteiger partial charge is 0.465 e. The Kier molecular flexibility index (Phi) is 5.09. The van der Waals surface area contributed by atoms with Gasteiger partial charge in [-0.3, -0.25) is 4.79 Å². The lowest BCUT2D eigenvalue weighted by Gasteiger charge is -2.09. The maximum Gasteiger partial charge on any atom is 0.337 e. The number of rotatable bonds is 5. The number of carbonyl (C=O) groups excluding carboxylic acids is 2. The highest BCUT2D eigenvalue weighted by Gasteiger charge is 2.17. The lowest BCUT2D eigenvalue weighted by Crippen LogP contribution is -2.14. The first-order chi connectivity index (χ1) is 14.0. The zero-order chi connectivity index (χ0) is 20.4. The van der Waals surface area contributed by atoms with Gasteiger partial charge in [0.15, 0.2) is 5.65 Å². The molecule has 3 heterocycles. The lowest BCUT2D eigenvalue weighted by molar-refractivity contribution is 0.0600. The number of esters is 1. The van der Waals surface area contributed by atoms with Crippen molar-refractivity contribution in [3.8, 4) is 0 Å². The molecule has 0 saturated heterocycles. The Hall–Kier alpha value is -3.52. The Labute approximate surface area is 171 Å². The van der Waals surface area contributed by atoms with E-state index in [1.54, 1.807) is 52.5 Å². The Morgan fingerprint density at radius 3 is 2.83 bits per heavy atom. The minimum Gasteiger partial charge on any atom is -0.465 e. The van der Waals surface area contributed by atoms with Gasteiger partial charge in [-0.2, -0.15) is 5.10 Å². The van der Waals surface area contributed by atoms with Gasteiger partial charge in [0.2, 0.25) is 0 Å². The number of hydrogen-bond acceptors (Lipinski definition) is 6. The van der Waals surface area contributed by atoms with Gasteiger partial charge in [-0.05, 0) is 42.6 Å². The van der Waals surface area contributed by atoms with E-state index in [1.165, 1.54) is 7.11 Å². The van der Waals surface area contributed by atoms with Gasteiger partial charge in [0.05, 0.1) is 36.4 Å². The number of carbonyl (C=O) groups is 2. The van der Waals surface area contributed by atoms with Gasteiger partial charge in [0, 0.05) is 16.3 Å². The Morgan fingerprint density at radius 1 is 1.21 bits per heavy atom. The highest BCUT2D eigenvalue weighted by atomic mass is 32.1. The van der Waals surface area contributed by atoms with Crippen LogP contribution in [0, 0.1) is 6.92 Å². The fraction of sp³-hybridized carbons (Fsp3) is 0.143. The Balaban J connectivity index is 1.66. The van der Waals surface area contributed by atoms with Gasteiger partial charge >= 0.3 is 5.97 Å². The van der Waals surface area contributed by atoms with Crippen LogP contribution < -0.4 is 5.32 Å². The molecule has 0 aliphatic heterocycles. The maximum atomic E-state index is 13.0. The number of aromatic nitrogens is 3. The third-order valence-electron chi connectivity index (χ3n) is 4.41. The second-order valence-electron chi connectivity index (χ2n) is 6.46. The molecule has 0 aliphatic carbocycles. The van der Waals surface area contributed by atoms with E-state index in [-0.39, 0.29) is 5.91 Å². The number of thiophene rings is 1. The summed E-state index contributed by atoms with van der Waals surface area (Å²) in [6.45, 7) is 2.44. The van der Waals surface area contributed by atoms with Crippen molar-refractivity contribution in [1.29, 1.82) is 0 Å². The van der Waals surface area contributed by atoms with Gasteiger partial charge < -0.3 is 10.1 Å². The highest BCUT2D eigenvalue weighted by Crippen LogP contribution is 2.22. The molecule has 0 radical (unpaired) electrons. The maximum absolute atomic E-state index is 13.0. The van der Waals surface area contributed by atoms with Crippen molar-refractivity contribution in [1.82, 2.24) is 14.8 Å². The summed E-state index contributed by atoms with van der Waals surface area (Å²) < 4.78 is 6.52. The molecule has 1 aromatic carbocycles. The Bertz CT molecular complexity index is 1200. The molecular weight excluding hydrogens is 388 g/mol. The molecule has 3 aromatic heterocycles. The van der Waals surface area contributed by atoms with Crippen molar-refractivity contribution in [2.45, 2.75) is 13.5 Å². The molecule has 4 aromatic rings. The number of nitrogens with zero attached hydrogens (tertiary/aromatic N) is 3. The number of ether oxygens (including phenoxy) is 1. The lowest BCUT2D eigenvalue weighted by atomic mass is 10.1. The molecule has 0 fully saturated rings. The summed E-state index contributed by atoms with van der Waals surface area (Å²) in [7, 11) is 1.32. The standard InChI is InChI=1S/C21H18N4O3S/c1-13-9-17(20(26)24-15-6-3-5-14(10-15)21(27)28-2)18-11-22-25(19(18)23-13)12-16-7-4-8-29-16/h3-11H,12H2,1-2H3,(H,24,26). The molecule has 0 atom stereocenters. The van der Waals surface area contributed by atoms with Gasteiger partial charge in [0.25, 0.3) is 5.91 Å². The van der Waals surface area contributed by atoms with Crippen LogP contribution in [0.1, 0.15) is 31.3 Å². The normalized spacial score (nSPS) is 10.8. The summed E-state index contributed by atoms with van der Waals surface area (Å²) in [6.07, 6.45) is 1.66. The van der Waals surface area contributed by atoms with E-state index in [1.807, 2.05) is 24.4 Å². The van der Waals surface area contributed by atoms with E-state index in [0.717, 1.165) is 10.6 Å². The molecule has 0 unspecified atom stereocenters. The number of anilines is 1. The van der Waals surface area contributed by atoms with Gasteiger partial charge in [-0.15, -0.1) is 11.3 Å². The summed E-state index contributed by atoms with van der Waals surface area (Å²) in [6, 6.07) is 12.4. The molecule has 29 heavy (non-hydrogen) atoms. The van der Waals surface area contributed by atoms with Crippen LogP contribution in [0.25, 0.3) is 11.0 Å². The fourth-order valence-electron chi connectivity index (χ4n) is 3.07. The molecule has 1 amide bonds. The zero-order valence-corrected chi connectivity index (χ0v) is 16.7. The monoisotopic (exact) mass is 406 g/mol. The smallest absolute Gasteiger partial charge is 0.337 e. The number of aryl methyl sites for hydroxylation is 1. The van der Waals surface area contributed by atoms with Crippen LogP contribution in [-0.2, 0) is 11.3 Å². The highest BCUT2D eigenvalue weighted by molar-refractivity contribution is 7.09. The van der Waals surface area contributed by atoms with E-state index in [9.17, 15) is 9.59 Å². The minimum atomic E-state index is -0.460. The number of methoxy groups -OCH3 is 1. The summed E-state index contributed by atoms with van der Waals surface area (Å²) >= 11 is 1.65. The first kappa shape index (κ1) is 18.8. The second-order valence-corrected chi connectivity index (χ2v) is 7.49. The zero-order valence-electron chi connectivity index (χ0n) is 15.9. The van der Waals surface area contributed by atoms with Crippen LogP contribution in [0.3, 0.4) is 0 Å². The third kappa shape index (κ3) is 3.88. The number of benzene rings is 1. The van der Waals surface area contributed by atoms with Crippen LogP contribution in [0.15, 0.2) is 54.0 Å². The van der Waals surface area contributed by atoms with Crippen molar-refractivity contribution in [2.24, 2.45) is 0 Å². The van der Waals surface area contributed by atoms with Crippen LogP contribution in [0.2, 0.25) is 0 Å². The molecule has 0 aliphatic rings. The molecular formula is C21H18N4O3S. The topological polar surface area (TPSA) is 86.1 Å². The summed E-state index contributed by atoms with van der Waals surface area (Å²) in [5.41, 5.74) is 2.73. The van der Waals surface area contributed by atoms with Crippen molar-refractivity contribution in [3.63, 3.8) is 0 Å². The van der Waals surface area contributed by atoms with Crippen LogP contribution >= 0.6 is 11.3 Å². The Morgan fingerprint density at radius 2 is 2.07 bits per heavy atom. The van der Waals surface area contributed by atoms with Gasteiger partial charge in [0.1, 0.15) is 0 Å². The first-order valence-electron chi connectivity index (χ1n) is 8.90. The molecule has 0 bridgehead atoms. The molecule has 1 N–H and O–H groups in total. The predicted octanol–water partition coefficient (Wildman–Crippen LogP) is 3.89.